The lowest BCUT2D eigenvalue weighted by Crippen LogP contribution is -2.19. The third-order valence-corrected chi connectivity index (χ3v) is 7.40. The number of aromatic amines is 2. The molecule has 0 aromatic carbocycles. The Hall–Kier alpha value is -3.60. The van der Waals surface area contributed by atoms with Crippen LogP contribution in [0, 0.1) is 5.92 Å². The number of hydrogen-bond donors (Lipinski definition) is 2. The molecule has 0 saturated heterocycles. The van der Waals surface area contributed by atoms with Crippen molar-refractivity contribution in [1.29, 1.82) is 0 Å². The van der Waals surface area contributed by atoms with E-state index in [1.165, 1.54) is 12.8 Å². The fourth-order valence-corrected chi connectivity index (χ4v) is 5.53. The summed E-state index contributed by atoms with van der Waals surface area (Å²) in [6.07, 6.45) is 16.2. The van der Waals surface area contributed by atoms with Gasteiger partial charge < -0.3 is 4.98 Å². The highest BCUT2D eigenvalue weighted by molar-refractivity contribution is 7.99. The summed E-state index contributed by atoms with van der Waals surface area (Å²) in [5.41, 5.74) is 2.81. The molecule has 0 bridgehead atoms. The van der Waals surface area contributed by atoms with Crippen molar-refractivity contribution < 1.29 is 0 Å². The first kappa shape index (κ1) is 21.0. The minimum absolute atomic E-state index is 0.430. The maximum atomic E-state index is 4.67. The summed E-state index contributed by atoms with van der Waals surface area (Å²) in [7, 11) is 0. The SMILES string of the molecule is c1cnc(Cc2nc(SCC3CCC(n4cc(-c5ncnc6[nH]ccc56)cn4)CC3)n[nH]2)nc1. The van der Waals surface area contributed by atoms with Crippen LogP contribution >= 0.6 is 11.8 Å². The maximum absolute atomic E-state index is 4.67. The van der Waals surface area contributed by atoms with Crippen LogP contribution in [0.1, 0.15) is 43.4 Å². The van der Waals surface area contributed by atoms with Crippen molar-refractivity contribution in [1.82, 2.24) is 49.9 Å². The van der Waals surface area contributed by atoms with Crippen LogP contribution in [0.3, 0.4) is 0 Å². The predicted octanol–water partition coefficient (Wildman–Crippen LogP) is 3.84. The number of H-pyrrole nitrogens is 2. The van der Waals surface area contributed by atoms with E-state index in [4.69, 9.17) is 0 Å². The molecule has 0 spiro atoms. The van der Waals surface area contributed by atoms with E-state index in [0.29, 0.717) is 18.4 Å². The fourth-order valence-electron chi connectivity index (χ4n) is 4.52. The predicted molar refractivity (Wildman–Crippen MR) is 128 cm³/mol. The van der Waals surface area contributed by atoms with Crippen molar-refractivity contribution in [3.05, 3.63) is 61.1 Å². The Kier molecular flexibility index (Phi) is 5.76. The minimum atomic E-state index is 0.430. The van der Waals surface area contributed by atoms with Gasteiger partial charge in [-0.25, -0.2) is 24.9 Å². The van der Waals surface area contributed by atoms with Gasteiger partial charge in [-0.3, -0.25) is 9.78 Å². The van der Waals surface area contributed by atoms with Gasteiger partial charge in [-0.05, 0) is 43.7 Å². The molecule has 10 nitrogen and oxygen atoms in total. The molecule has 2 N–H and O–H groups in total. The third-order valence-electron chi connectivity index (χ3n) is 6.32. The first-order valence-electron chi connectivity index (χ1n) is 11.4. The lowest BCUT2D eigenvalue weighted by molar-refractivity contribution is 0.277. The second-order valence-electron chi connectivity index (χ2n) is 8.56. The van der Waals surface area contributed by atoms with Crippen molar-refractivity contribution in [3.63, 3.8) is 0 Å². The summed E-state index contributed by atoms with van der Waals surface area (Å²) < 4.78 is 2.12. The fraction of sp³-hybridized carbons (Fsp3) is 0.348. The number of aromatic nitrogens is 10. The van der Waals surface area contributed by atoms with E-state index >= 15 is 0 Å². The quantitative estimate of drug-likeness (QED) is 0.342. The maximum Gasteiger partial charge on any atom is 0.208 e. The molecule has 172 valence electrons. The van der Waals surface area contributed by atoms with Crippen LogP contribution in [0.2, 0.25) is 0 Å². The normalized spacial score (nSPS) is 18.5. The molecule has 6 rings (SSSR count). The molecular formula is C23H24N10S. The zero-order valence-corrected chi connectivity index (χ0v) is 19.3. The van der Waals surface area contributed by atoms with Crippen LogP contribution in [0.25, 0.3) is 22.3 Å². The number of fused-ring (bicyclic) bond motifs is 1. The summed E-state index contributed by atoms with van der Waals surface area (Å²) in [4.78, 5) is 25.0. The number of rotatable bonds is 7. The molecule has 1 saturated carbocycles. The molecule has 0 atom stereocenters. The zero-order chi connectivity index (χ0) is 22.7. The van der Waals surface area contributed by atoms with E-state index in [1.807, 2.05) is 24.5 Å². The zero-order valence-electron chi connectivity index (χ0n) is 18.5. The third kappa shape index (κ3) is 4.43. The molecule has 5 heterocycles. The van der Waals surface area contributed by atoms with Gasteiger partial charge in [0.1, 0.15) is 23.6 Å². The molecular weight excluding hydrogens is 448 g/mol. The lowest BCUT2D eigenvalue weighted by Gasteiger charge is -2.28. The molecule has 0 radical (unpaired) electrons. The molecule has 11 heteroatoms. The van der Waals surface area contributed by atoms with E-state index < -0.39 is 0 Å². The largest absolute Gasteiger partial charge is 0.346 e. The number of nitrogens with one attached hydrogen (secondary N) is 2. The van der Waals surface area contributed by atoms with Crippen LogP contribution in [-0.4, -0.2) is 55.6 Å². The lowest BCUT2D eigenvalue weighted by atomic mass is 9.87. The summed E-state index contributed by atoms with van der Waals surface area (Å²) in [5.74, 6) is 3.24. The number of hydrogen-bond acceptors (Lipinski definition) is 8. The topological polar surface area (TPSA) is 127 Å². The van der Waals surface area contributed by atoms with Gasteiger partial charge in [0.05, 0.1) is 24.4 Å². The van der Waals surface area contributed by atoms with Gasteiger partial charge in [0.25, 0.3) is 0 Å². The van der Waals surface area contributed by atoms with Crippen LogP contribution < -0.4 is 0 Å². The highest BCUT2D eigenvalue weighted by atomic mass is 32.2. The Labute approximate surface area is 200 Å². The van der Waals surface area contributed by atoms with Gasteiger partial charge in [0.2, 0.25) is 5.16 Å². The summed E-state index contributed by atoms with van der Waals surface area (Å²) in [6, 6.07) is 4.25. The monoisotopic (exact) mass is 472 g/mol. The molecule has 0 unspecified atom stereocenters. The van der Waals surface area contributed by atoms with Gasteiger partial charge in [0.15, 0.2) is 0 Å². The van der Waals surface area contributed by atoms with Gasteiger partial charge in [-0.2, -0.15) is 5.10 Å². The Morgan fingerprint density at radius 1 is 1.06 bits per heavy atom. The summed E-state index contributed by atoms with van der Waals surface area (Å²) in [6.45, 7) is 0. The average Bonchev–Trinajstić information content (AvgIpc) is 3.64. The Morgan fingerprint density at radius 2 is 1.94 bits per heavy atom. The molecule has 5 aromatic rings. The van der Waals surface area contributed by atoms with Crippen LogP contribution in [0.4, 0.5) is 0 Å². The Bertz CT molecular complexity index is 1370. The molecule has 1 aliphatic rings. The van der Waals surface area contributed by atoms with Gasteiger partial charge in [0, 0.05) is 41.5 Å². The molecule has 5 aromatic heterocycles. The van der Waals surface area contributed by atoms with Crippen LogP contribution in [-0.2, 0) is 6.42 Å². The van der Waals surface area contributed by atoms with Gasteiger partial charge in [-0.15, -0.1) is 5.10 Å². The highest BCUT2D eigenvalue weighted by Gasteiger charge is 2.24. The first-order valence-corrected chi connectivity index (χ1v) is 12.4. The van der Waals surface area contributed by atoms with Crippen molar-refractivity contribution in [2.45, 2.75) is 43.3 Å². The van der Waals surface area contributed by atoms with Crippen LogP contribution in [0.5, 0.6) is 0 Å². The summed E-state index contributed by atoms with van der Waals surface area (Å²) in [5, 5.41) is 13.9. The molecule has 34 heavy (non-hydrogen) atoms. The molecule has 0 aliphatic heterocycles. The second-order valence-corrected chi connectivity index (χ2v) is 9.55. The van der Waals surface area contributed by atoms with E-state index in [1.54, 1.807) is 30.5 Å². The van der Waals surface area contributed by atoms with E-state index in [9.17, 15) is 0 Å². The van der Waals surface area contributed by atoms with Crippen molar-refractivity contribution in [2.24, 2.45) is 5.92 Å². The van der Waals surface area contributed by atoms with E-state index in [2.05, 4.69) is 56.1 Å². The number of thioether (sulfide) groups is 1. The van der Waals surface area contributed by atoms with Crippen LogP contribution in [0.15, 0.2) is 54.6 Å². The smallest absolute Gasteiger partial charge is 0.208 e. The van der Waals surface area contributed by atoms with Crippen molar-refractivity contribution in [3.8, 4) is 11.3 Å². The number of nitrogens with zero attached hydrogens (tertiary/aromatic N) is 8. The molecule has 1 aliphatic carbocycles. The van der Waals surface area contributed by atoms with E-state index in [0.717, 1.165) is 57.7 Å². The first-order chi connectivity index (χ1) is 16.8. The minimum Gasteiger partial charge on any atom is -0.346 e. The van der Waals surface area contributed by atoms with Crippen molar-refractivity contribution in [2.75, 3.05) is 5.75 Å². The van der Waals surface area contributed by atoms with Crippen molar-refractivity contribution >= 4 is 22.8 Å². The van der Waals surface area contributed by atoms with E-state index in [-0.39, 0.29) is 0 Å². The van der Waals surface area contributed by atoms with Gasteiger partial charge in [-0.1, -0.05) is 11.8 Å². The Morgan fingerprint density at radius 3 is 2.82 bits per heavy atom. The molecule has 0 amide bonds. The summed E-state index contributed by atoms with van der Waals surface area (Å²) >= 11 is 1.72. The second kappa shape index (κ2) is 9.34. The highest BCUT2D eigenvalue weighted by Crippen LogP contribution is 2.35. The molecule has 1 fully saturated rings. The standard InChI is InChI=1S/C23H24N10S/c1-7-24-19(25-8-1)10-20-30-23(32-31-20)34-13-15-2-4-17(5-3-15)33-12-16(11-29-33)21-18-6-9-26-22(18)28-14-27-21/h1,6-9,11-12,14-15,17H,2-5,10,13H2,(H,26,27,28)(H,30,31,32). The Balaban J connectivity index is 1.02. The van der Waals surface area contributed by atoms with Gasteiger partial charge >= 0.3 is 0 Å². The average molecular weight is 473 g/mol.